The molecule has 0 aromatic carbocycles. The van der Waals surface area contributed by atoms with Crippen molar-refractivity contribution in [2.75, 3.05) is 13.1 Å². The average Bonchev–Trinajstić information content (AvgIpc) is 2.80. The predicted molar refractivity (Wildman–Crippen MR) is 78.5 cm³/mol. The third-order valence-corrected chi connectivity index (χ3v) is 4.13. The van der Waals surface area contributed by atoms with Crippen molar-refractivity contribution in [3.05, 3.63) is 0 Å². The lowest BCUT2D eigenvalue weighted by Gasteiger charge is -2.38. The number of likely N-dealkylation sites (tertiary alicyclic amines) is 1. The molecule has 5 nitrogen and oxygen atoms in total. The third-order valence-electron chi connectivity index (χ3n) is 4.13. The molecule has 1 amide bonds. The first-order chi connectivity index (χ1) is 9.35. The van der Waals surface area contributed by atoms with E-state index in [1.165, 1.54) is 0 Å². The fourth-order valence-corrected chi connectivity index (χ4v) is 3.08. The van der Waals surface area contributed by atoms with Crippen molar-refractivity contribution < 1.29 is 14.7 Å². The Balaban J connectivity index is 2.81. The molecule has 0 radical (unpaired) electrons. The Morgan fingerprint density at radius 2 is 2.00 bits per heavy atom. The normalized spacial score (nSPS) is 24.9. The van der Waals surface area contributed by atoms with Gasteiger partial charge >= 0.3 is 5.97 Å². The smallest absolute Gasteiger partial charge is 0.324 e. The molecule has 2 N–H and O–H groups in total. The number of amides is 1. The van der Waals surface area contributed by atoms with E-state index in [0.29, 0.717) is 31.8 Å². The fraction of sp³-hybridized carbons (Fsp3) is 0.867. The van der Waals surface area contributed by atoms with E-state index < -0.39 is 11.5 Å². The molecule has 20 heavy (non-hydrogen) atoms. The van der Waals surface area contributed by atoms with Gasteiger partial charge in [0.25, 0.3) is 0 Å². The lowest BCUT2D eigenvalue weighted by molar-refractivity contribution is -0.153. The summed E-state index contributed by atoms with van der Waals surface area (Å²) in [7, 11) is 0. The minimum atomic E-state index is -0.858. The lowest BCUT2D eigenvalue weighted by Crippen LogP contribution is -2.57. The largest absolute Gasteiger partial charge is 0.480 e. The lowest BCUT2D eigenvalue weighted by atomic mass is 9.89. The van der Waals surface area contributed by atoms with Crippen molar-refractivity contribution in [3.63, 3.8) is 0 Å². The van der Waals surface area contributed by atoms with E-state index in [-0.39, 0.29) is 11.9 Å². The maximum Gasteiger partial charge on any atom is 0.324 e. The minimum absolute atomic E-state index is 0.0673. The highest BCUT2D eigenvalue weighted by molar-refractivity contribution is 5.84. The van der Waals surface area contributed by atoms with Crippen LogP contribution >= 0.6 is 0 Å². The summed E-state index contributed by atoms with van der Waals surface area (Å²) < 4.78 is 0. The van der Waals surface area contributed by atoms with Crippen molar-refractivity contribution in [2.24, 2.45) is 5.92 Å². The molecule has 0 saturated carbocycles. The van der Waals surface area contributed by atoms with Gasteiger partial charge < -0.3 is 10.4 Å². The Morgan fingerprint density at radius 1 is 1.35 bits per heavy atom. The van der Waals surface area contributed by atoms with E-state index in [1.54, 1.807) is 0 Å². The number of nitrogens with one attached hydrogen (secondary N) is 1. The second kappa shape index (κ2) is 7.07. The molecule has 2 atom stereocenters. The van der Waals surface area contributed by atoms with Crippen LogP contribution in [-0.4, -0.2) is 46.6 Å². The van der Waals surface area contributed by atoms with Gasteiger partial charge in [-0.25, -0.2) is 0 Å². The summed E-state index contributed by atoms with van der Waals surface area (Å²) in [4.78, 5) is 25.8. The van der Waals surface area contributed by atoms with Gasteiger partial charge in [0.15, 0.2) is 0 Å². The Kier molecular flexibility index (Phi) is 5.99. The van der Waals surface area contributed by atoms with Crippen LogP contribution in [0.2, 0.25) is 0 Å². The number of carbonyl (C=O) groups is 2. The summed E-state index contributed by atoms with van der Waals surface area (Å²) in [6, 6.07) is -0.390. The van der Waals surface area contributed by atoms with Crippen molar-refractivity contribution in [3.8, 4) is 0 Å². The number of hydrogen-bond donors (Lipinski definition) is 2. The molecule has 0 aromatic rings. The fourth-order valence-electron chi connectivity index (χ4n) is 3.08. The van der Waals surface area contributed by atoms with Gasteiger partial charge in [0.1, 0.15) is 5.54 Å². The second-order valence-corrected chi connectivity index (χ2v) is 6.20. The zero-order valence-corrected chi connectivity index (χ0v) is 13.1. The number of carboxylic acids is 1. The molecule has 0 aromatic heterocycles. The van der Waals surface area contributed by atoms with Crippen LogP contribution in [0.25, 0.3) is 0 Å². The Morgan fingerprint density at radius 3 is 2.50 bits per heavy atom. The van der Waals surface area contributed by atoms with Gasteiger partial charge in [-0.15, -0.1) is 0 Å². The Hall–Kier alpha value is -1.10. The summed E-state index contributed by atoms with van der Waals surface area (Å²) in [6.07, 6.45) is 2.89. The van der Waals surface area contributed by atoms with E-state index in [0.717, 1.165) is 12.8 Å². The quantitative estimate of drug-likeness (QED) is 0.749. The molecule has 1 aliphatic heterocycles. The number of carboxylic acid groups (broad SMARTS) is 1. The van der Waals surface area contributed by atoms with Gasteiger partial charge in [0.2, 0.25) is 5.91 Å². The van der Waals surface area contributed by atoms with Gasteiger partial charge in [0, 0.05) is 13.1 Å². The first-order valence-corrected chi connectivity index (χ1v) is 7.63. The van der Waals surface area contributed by atoms with Crippen molar-refractivity contribution >= 4 is 11.9 Å². The highest BCUT2D eigenvalue weighted by atomic mass is 16.4. The molecule has 1 fully saturated rings. The number of carbonyl (C=O) groups excluding carboxylic acids is 1. The van der Waals surface area contributed by atoms with E-state index in [9.17, 15) is 14.7 Å². The van der Waals surface area contributed by atoms with Crippen LogP contribution < -0.4 is 5.32 Å². The molecular formula is C15H28N2O3. The van der Waals surface area contributed by atoms with Gasteiger partial charge in [-0.05, 0) is 32.1 Å². The van der Waals surface area contributed by atoms with Crippen LogP contribution in [0.15, 0.2) is 0 Å². The van der Waals surface area contributed by atoms with Crippen LogP contribution in [-0.2, 0) is 9.59 Å². The zero-order valence-electron chi connectivity index (χ0n) is 13.1. The molecule has 1 rings (SSSR count). The first-order valence-electron chi connectivity index (χ1n) is 7.63. The number of hydrogen-bond acceptors (Lipinski definition) is 3. The molecule has 1 saturated heterocycles. The van der Waals surface area contributed by atoms with Crippen molar-refractivity contribution in [2.45, 2.75) is 65.0 Å². The molecule has 0 bridgehead atoms. The molecule has 0 aliphatic carbocycles. The minimum Gasteiger partial charge on any atom is -0.480 e. The summed E-state index contributed by atoms with van der Waals surface area (Å²) >= 11 is 0. The van der Waals surface area contributed by atoms with Gasteiger partial charge in [-0.3, -0.25) is 14.5 Å². The molecular weight excluding hydrogens is 256 g/mol. The highest BCUT2D eigenvalue weighted by Crippen LogP contribution is 2.35. The Labute approximate surface area is 121 Å². The number of nitrogens with zero attached hydrogens (tertiary/aromatic N) is 1. The van der Waals surface area contributed by atoms with Gasteiger partial charge in [-0.2, -0.15) is 0 Å². The van der Waals surface area contributed by atoms with E-state index in [1.807, 2.05) is 32.6 Å². The topological polar surface area (TPSA) is 69.6 Å². The predicted octanol–water partition coefficient (Wildman–Crippen LogP) is 1.87. The number of aliphatic carboxylic acids is 1. The second-order valence-electron chi connectivity index (χ2n) is 6.20. The van der Waals surface area contributed by atoms with Crippen LogP contribution in [0, 0.1) is 5.92 Å². The molecule has 0 spiro atoms. The van der Waals surface area contributed by atoms with Crippen LogP contribution in [0.1, 0.15) is 53.4 Å². The van der Waals surface area contributed by atoms with Gasteiger partial charge in [0.05, 0.1) is 6.04 Å². The number of rotatable bonds is 7. The monoisotopic (exact) mass is 284 g/mol. The molecule has 1 aliphatic rings. The SMILES string of the molecule is CCCC1(C(=O)O)CCCN1C(C)C(=O)NCC(C)C. The van der Waals surface area contributed by atoms with Gasteiger partial charge in [-0.1, -0.05) is 27.2 Å². The third kappa shape index (κ3) is 3.51. The van der Waals surface area contributed by atoms with Crippen molar-refractivity contribution in [1.82, 2.24) is 10.2 Å². The standard InChI is InChI=1S/C15H28N2O3/c1-5-7-15(14(19)20)8-6-9-17(15)12(4)13(18)16-10-11(2)3/h11-12H,5-10H2,1-4H3,(H,16,18)(H,19,20). The summed E-state index contributed by atoms with van der Waals surface area (Å²) in [5, 5.41) is 12.5. The molecule has 5 heteroatoms. The van der Waals surface area contributed by atoms with E-state index in [4.69, 9.17) is 0 Å². The van der Waals surface area contributed by atoms with E-state index in [2.05, 4.69) is 5.32 Å². The summed E-state index contributed by atoms with van der Waals surface area (Å²) in [6.45, 7) is 9.20. The molecule has 2 unspecified atom stereocenters. The summed E-state index contributed by atoms with van der Waals surface area (Å²) in [5.74, 6) is -0.465. The molecule has 116 valence electrons. The van der Waals surface area contributed by atoms with Crippen LogP contribution in [0.5, 0.6) is 0 Å². The zero-order chi connectivity index (χ0) is 15.3. The van der Waals surface area contributed by atoms with Crippen LogP contribution in [0.4, 0.5) is 0 Å². The first kappa shape index (κ1) is 17.0. The highest BCUT2D eigenvalue weighted by Gasteiger charge is 2.49. The van der Waals surface area contributed by atoms with E-state index >= 15 is 0 Å². The average molecular weight is 284 g/mol. The van der Waals surface area contributed by atoms with Crippen LogP contribution in [0.3, 0.4) is 0 Å². The summed E-state index contributed by atoms with van der Waals surface area (Å²) in [5.41, 5.74) is -0.858. The Bertz CT molecular complexity index is 357. The van der Waals surface area contributed by atoms with Crippen molar-refractivity contribution in [1.29, 1.82) is 0 Å². The maximum absolute atomic E-state index is 12.2. The molecule has 1 heterocycles. The maximum atomic E-state index is 12.2.